The molecule has 2 rings (SSSR count). The predicted octanol–water partition coefficient (Wildman–Crippen LogP) is 4.62. The highest BCUT2D eigenvalue weighted by Gasteiger charge is 1.95. The second kappa shape index (κ2) is 5.57. The molecule has 0 saturated heterocycles. The van der Waals surface area contributed by atoms with Crippen LogP contribution >= 0.6 is 11.8 Å². The fraction of sp³-hybridized carbons (Fsp3) is 0.0667. The average molecular weight is 226 g/mol. The number of rotatable bonds is 4. The van der Waals surface area contributed by atoms with E-state index in [4.69, 9.17) is 0 Å². The molecule has 0 aliphatic rings. The number of thioether (sulfide) groups is 1. The predicted molar refractivity (Wildman–Crippen MR) is 72.5 cm³/mol. The van der Waals surface area contributed by atoms with Crippen LogP contribution in [-0.4, -0.2) is 0 Å². The molecular formula is C15H14S. The minimum atomic E-state index is 1.02. The van der Waals surface area contributed by atoms with E-state index in [0.717, 1.165) is 5.75 Å². The lowest BCUT2D eigenvalue weighted by atomic mass is 10.1. The van der Waals surface area contributed by atoms with Crippen LogP contribution in [0.15, 0.2) is 66.1 Å². The lowest BCUT2D eigenvalue weighted by Crippen LogP contribution is -1.80. The van der Waals surface area contributed by atoms with E-state index in [1.807, 2.05) is 23.9 Å². The van der Waals surface area contributed by atoms with Crippen molar-refractivity contribution in [3.63, 3.8) is 0 Å². The maximum absolute atomic E-state index is 3.75. The van der Waals surface area contributed by atoms with Crippen molar-refractivity contribution in [1.82, 2.24) is 0 Å². The van der Waals surface area contributed by atoms with Crippen molar-refractivity contribution in [2.24, 2.45) is 0 Å². The van der Waals surface area contributed by atoms with Crippen molar-refractivity contribution >= 4 is 17.8 Å². The smallest absolute Gasteiger partial charge is 0.0232 e. The average Bonchev–Trinajstić information content (AvgIpc) is 2.38. The lowest BCUT2D eigenvalue weighted by molar-refractivity contribution is 1.38. The Balaban J connectivity index is 1.97. The molecule has 0 unspecified atom stereocenters. The summed E-state index contributed by atoms with van der Waals surface area (Å²) in [5, 5.41) is 0. The van der Waals surface area contributed by atoms with Gasteiger partial charge in [-0.2, -0.15) is 0 Å². The molecule has 0 atom stereocenters. The van der Waals surface area contributed by atoms with E-state index in [0.29, 0.717) is 0 Å². The van der Waals surface area contributed by atoms with Crippen LogP contribution in [0.5, 0.6) is 0 Å². The topological polar surface area (TPSA) is 0 Å². The highest BCUT2D eigenvalue weighted by molar-refractivity contribution is 7.98. The fourth-order valence-electron chi connectivity index (χ4n) is 1.43. The Labute approximate surface area is 101 Å². The van der Waals surface area contributed by atoms with Crippen LogP contribution in [0.1, 0.15) is 11.1 Å². The molecule has 0 saturated carbocycles. The van der Waals surface area contributed by atoms with Crippen molar-refractivity contribution in [3.8, 4) is 0 Å². The van der Waals surface area contributed by atoms with Gasteiger partial charge in [-0.25, -0.2) is 0 Å². The maximum Gasteiger partial charge on any atom is 0.0232 e. The first-order chi connectivity index (χ1) is 7.88. The molecule has 0 nitrogen and oxygen atoms in total. The quantitative estimate of drug-likeness (QED) is 0.685. The van der Waals surface area contributed by atoms with Crippen LogP contribution in [0.3, 0.4) is 0 Å². The summed E-state index contributed by atoms with van der Waals surface area (Å²) in [4.78, 5) is 1.32. The van der Waals surface area contributed by atoms with Crippen LogP contribution in [0.25, 0.3) is 6.08 Å². The third kappa shape index (κ3) is 3.01. The van der Waals surface area contributed by atoms with E-state index >= 15 is 0 Å². The summed E-state index contributed by atoms with van der Waals surface area (Å²) in [6.07, 6.45) is 1.87. The zero-order valence-corrected chi connectivity index (χ0v) is 9.91. The van der Waals surface area contributed by atoms with Gasteiger partial charge in [-0.3, -0.25) is 0 Å². The van der Waals surface area contributed by atoms with Gasteiger partial charge in [0.2, 0.25) is 0 Å². The van der Waals surface area contributed by atoms with Gasteiger partial charge in [0, 0.05) is 10.6 Å². The molecule has 1 heteroatoms. The standard InChI is InChI=1S/C15H14S/c1-2-13-8-10-14(11-9-13)12-16-15-6-4-3-5-7-15/h2-11H,1,12H2. The Morgan fingerprint density at radius 3 is 2.25 bits per heavy atom. The van der Waals surface area contributed by atoms with Gasteiger partial charge in [0.15, 0.2) is 0 Å². The lowest BCUT2D eigenvalue weighted by Gasteiger charge is -2.02. The number of benzene rings is 2. The molecule has 0 aliphatic carbocycles. The summed E-state index contributed by atoms with van der Waals surface area (Å²) >= 11 is 1.86. The van der Waals surface area contributed by atoms with E-state index in [2.05, 4.69) is 55.1 Å². The highest BCUT2D eigenvalue weighted by atomic mass is 32.2. The molecule has 2 aromatic carbocycles. The van der Waals surface area contributed by atoms with Gasteiger partial charge in [-0.15, -0.1) is 11.8 Å². The van der Waals surface area contributed by atoms with Gasteiger partial charge in [-0.05, 0) is 23.3 Å². The van der Waals surface area contributed by atoms with E-state index in [1.165, 1.54) is 16.0 Å². The van der Waals surface area contributed by atoms with E-state index in [-0.39, 0.29) is 0 Å². The molecule has 0 fully saturated rings. The number of hydrogen-bond acceptors (Lipinski definition) is 1. The molecule has 0 heterocycles. The summed E-state index contributed by atoms with van der Waals surface area (Å²) in [6.45, 7) is 3.75. The molecule has 0 amide bonds. The fourth-order valence-corrected chi connectivity index (χ4v) is 2.31. The maximum atomic E-state index is 3.75. The van der Waals surface area contributed by atoms with Gasteiger partial charge in [0.25, 0.3) is 0 Å². The van der Waals surface area contributed by atoms with Crippen molar-refractivity contribution < 1.29 is 0 Å². The normalized spacial score (nSPS) is 10.0. The Morgan fingerprint density at radius 1 is 0.938 bits per heavy atom. The minimum Gasteiger partial charge on any atom is -0.121 e. The SMILES string of the molecule is C=Cc1ccc(CSc2ccccc2)cc1. The monoisotopic (exact) mass is 226 g/mol. The Morgan fingerprint density at radius 2 is 1.62 bits per heavy atom. The molecule has 0 N–H and O–H groups in total. The number of hydrogen-bond donors (Lipinski definition) is 0. The van der Waals surface area contributed by atoms with E-state index in [1.54, 1.807) is 0 Å². The summed E-state index contributed by atoms with van der Waals surface area (Å²) in [7, 11) is 0. The highest BCUT2D eigenvalue weighted by Crippen LogP contribution is 2.22. The molecule has 0 radical (unpaired) electrons. The first-order valence-corrected chi connectivity index (χ1v) is 6.26. The molecule has 80 valence electrons. The minimum absolute atomic E-state index is 1.02. The second-order valence-corrected chi connectivity index (χ2v) is 4.60. The summed E-state index contributed by atoms with van der Waals surface area (Å²) in [6, 6.07) is 19.0. The third-order valence-electron chi connectivity index (χ3n) is 2.36. The van der Waals surface area contributed by atoms with Crippen molar-refractivity contribution in [2.75, 3.05) is 0 Å². The van der Waals surface area contributed by atoms with Gasteiger partial charge >= 0.3 is 0 Å². The first-order valence-electron chi connectivity index (χ1n) is 5.28. The van der Waals surface area contributed by atoms with Crippen LogP contribution < -0.4 is 0 Å². The zero-order valence-electron chi connectivity index (χ0n) is 9.10. The molecule has 2 aromatic rings. The van der Waals surface area contributed by atoms with Gasteiger partial charge in [-0.1, -0.05) is 55.1 Å². The van der Waals surface area contributed by atoms with Crippen molar-refractivity contribution in [3.05, 3.63) is 72.3 Å². The second-order valence-electron chi connectivity index (χ2n) is 3.55. The van der Waals surface area contributed by atoms with Gasteiger partial charge in [0.05, 0.1) is 0 Å². The molecule has 0 aliphatic heterocycles. The Kier molecular flexibility index (Phi) is 3.84. The van der Waals surface area contributed by atoms with E-state index < -0.39 is 0 Å². The van der Waals surface area contributed by atoms with E-state index in [9.17, 15) is 0 Å². The molecule has 0 bridgehead atoms. The summed E-state index contributed by atoms with van der Waals surface area (Å²) < 4.78 is 0. The summed E-state index contributed by atoms with van der Waals surface area (Å²) in [5.41, 5.74) is 2.52. The largest absolute Gasteiger partial charge is 0.121 e. The third-order valence-corrected chi connectivity index (χ3v) is 3.45. The van der Waals surface area contributed by atoms with Gasteiger partial charge in [0.1, 0.15) is 0 Å². The summed E-state index contributed by atoms with van der Waals surface area (Å²) in [5.74, 6) is 1.02. The first kappa shape index (κ1) is 11.0. The van der Waals surface area contributed by atoms with Crippen LogP contribution in [0.4, 0.5) is 0 Å². The van der Waals surface area contributed by atoms with Crippen LogP contribution in [-0.2, 0) is 5.75 Å². The van der Waals surface area contributed by atoms with Gasteiger partial charge < -0.3 is 0 Å². The molecule has 16 heavy (non-hydrogen) atoms. The van der Waals surface area contributed by atoms with Crippen molar-refractivity contribution in [2.45, 2.75) is 10.6 Å². The molecule has 0 aromatic heterocycles. The molecular weight excluding hydrogens is 212 g/mol. The van der Waals surface area contributed by atoms with Crippen LogP contribution in [0, 0.1) is 0 Å². The molecule has 0 spiro atoms. The van der Waals surface area contributed by atoms with Crippen LogP contribution in [0.2, 0.25) is 0 Å². The zero-order chi connectivity index (χ0) is 11.2. The Bertz CT molecular complexity index is 443. The van der Waals surface area contributed by atoms with Crippen molar-refractivity contribution in [1.29, 1.82) is 0 Å². The Hall–Kier alpha value is -1.47.